The number of carbonyl (C=O) groups is 3. The Kier molecular flexibility index (Phi) is 7.07. The van der Waals surface area contributed by atoms with Crippen LogP contribution in [0.25, 0.3) is 0 Å². The SMILES string of the molecule is CC(=O)N1CCc2c(cc(Cl)c(C(N)=O)c2Cl)C1[C@H](Cc1cccc(S(C)(=O)=O)c1)C(=O)O. The number of aliphatic carboxylic acids is 1. The quantitative estimate of drug-likeness (QED) is 0.610. The Bertz CT molecular complexity index is 1260. The van der Waals surface area contributed by atoms with Crippen LogP contribution in [0.2, 0.25) is 10.0 Å². The van der Waals surface area contributed by atoms with Gasteiger partial charge in [-0.05, 0) is 47.7 Å². The van der Waals surface area contributed by atoms with Crippen LogP contribution in [-0.2, 0) is 32.3 Å². The lowest BCUT2D eigenvalue weighted by Gasteiger charge is -2.40. The third-order valence-electron chi connectivity index (χ3n) is 5.74. The third kappa shape index (κ3) is 5.00. The largest absolute Gasteiger partial charge is 0.481 e. The minimum Gasteiger partial charge on any atom is -0.481 e. The van der Waals surface area contributed by atoms with Crippen molar-refractivity contribution in [2.45, 2.75) is 30.7 Å². The second-order valence-corrected chi connectivity index (χ2v) is 10.8. The van der Waals surface area contributed by atoms with E-state index in [1.807, 2.05) is 0 Å². The van der Waals surface area contributed by atoms with Gasteiger partial charge in [-0.3, -0.25) is 14.4 Å². The summed E-state index contributed by atoms with van der Waals surface area (Å²) in [7, 11) is -3.49. The van der Waals surface area contributed by atoms with Crippen LogP contribution in [0.4, 0.5) is 0 Å². The Labute approximate surface area is 201 Å². The van der Waals surface area contributed by atoms with Crippen molar-refractivity contribution in [1.29, 1.82) is 0 Å². The molecule has 0 bridgehead atoms. The van der Waals surface area contributed by atoms with Crippen molar-refractivity contribution in [2.24, 2.45) is 11.7 Å². The minimum absolute atomic E-state index is 0.0372. The van der Waals surface area contributed by atoms with Crippen molar-refractivity contribution in [2.75, 3.05) is 12.8 Å². The summed E-state index contributed by atoms with van der Waals surface area (Å²) < 4.78 is 23.9. The average Bonchev–Trinajstić information content (AvgIpc) is 2.70. The van der Waals surface area contributed by atoms with E-state index in [1.165, 1.54) is 36.1 Å². The van der Waals surface area contributed by atoms with Crippen molar-refractivity contribution < 1.29 is 27.9 Å². The number of sulfone groups is 1. The Morgan fingerprint density at radius 1 is 1.24 bits per heavy atom. The summed E-state index contributed by atoms with van der Waals surface area (Å²) in [5.74, 6) is -3.48. The van der Waals surface area contributed by atoms with E-state index in [9.17, 15) is 27.9 Å². The fourth-order valence-corrected chi connectivity index (χ4v) is 5.68. The monoisotopic (exact) mass is 512 g/mol. The first-order chi connectivity index (χ1) is 15.3. The summed E-state index contributed by atoms with van der Waals surface area (Å²) >= 11 is 12.7. The molecule has 1 unspecified atom stereocenters. The van der Waals surface area contributed by atoms with Gasteiger partial charge in [0.15, 0.2) is 9.84 Å². The fraction of sp³-hybridized carbons (Fsp3) is 0.318. The van der Waals surface area contributed by atoms with Crippen LogP contribution in [0.15, 0.2) is 35.2 Å². The van der Waals surface area contributed by atoms with E-state index >= 15 is 0 Å². The molecule has 11 heteroatoms. The first kappa shape index (κ1) is 25.0. The van der Waals surface area contributed by atoms with E-state index in [4.69, 9.17) is 28.9 Å². The third-order valence-corrected chi connectivity index (χ3v) is 7.57. The number of fused-ring (bicyclic) bond motifs is 1. The summed E-state index contributed by atoms with van der Waals surface area (Å²) in [6, 6.07) is 6.51. The van der Waals surface area contributed by atoms with Crippen molar-refractivity contribution >= 4 is 50.8 Å². The number of carboxylic acid groups (broad SMARTS) is 1. The lowest BCUT2D eigenvalue weighted by Crippen LogP contribution is -2.45. The smallest absolute Gasteiger partial charge is 0.309 e. The van der Waals surface area contributed by atoms with Gasteiger partial charge >= 0.3 is 5.97 Å². The number of nitrogens with zero attached hydrogens (tertiary/aromatic N) is 1. The molecule has 33 heavy (non-hydrogen) atoms. The molecule has 3 N–H and O–H groups in total. The summed E-state index contributed by atoms with van der Waals surface area (Å²) in [6.45, 7) is 1.52. The number of carboxylic acids is 1. The molecule has 0 spiro atoms. The number of hydrogen-bond acceptors (Lipinski definition) is 5. The van der Waals surface area contributed by atoms with E-state index in [0.29, 0.717) is 16.7 Å². The maximum atomic E-state index is 12.4. The highest BCUT2D eigenvalue weighted by molar-refractivity contribution is 7.90. The molecular formula is C22H22Cl2N2O6S. The van der Waals surface area contributed by atoms with Crippen LogP contribution in [0.5, 0.6) is 0 Å². The number of rotatable bonds is 6. The lowest BCUT2D eigenvalue weighted by molar-refractivity contribution is -0.147. The van der Waals surface area contributed by atoms with Gasteiger partial charge < -0.3 is 15.7 Å². The maximum Gasteiger partial charge on any atom is 0.309 e. The van der Waals surface area contributed by atoms with E-state index < -0.39 is 33.7 Å². The second kappa shape index (κ2) is 9.32. The van der Waals surface area contributed by atoms with Gasteiger partial charge in [0.2, 0.25) is 5.91 Å². The lowest BCUT2D eigenvalue weighted by atomic mass is 9.81. The maximum absolute atomic E-state index is 12.4. The molecule has 1 aliphatic rings. The van der Waals surface area contributed by atoms with Crippen LogP contribution < -0.4 is 5.73 Å². The molecule has 8 nitrogen and oxygen atoms in total. The van der Waals surface area contributed by atoms with Crippen molar-refractivity contribution in [3.8, 4) is 0 Å². The van der Waals surface area contributed by atoms with Crippen molar-refractivity contribution in [3.63, 3.8) is 0 Å². The van der Waals surface area contributed by atoms with E-state index in [1.54, 1.807) is 6.07 Å². The number of halogens is 2. The van der Waals surface area contributed by atoms with E-state index in [2.05, 4.69) is 0 Å². The molecule has 0 fully saturated rings. The number of carbonyl (C=O) groups excluding carboxylic acids is 2. The number of nitrogens with two attached hydrogens (primary N) is 1. The highest BCUT2D eigenvalue weighted by Crippen LogP contribution is 2.43. The molecule has 0 radical (unpaired) electrons. The van der Waals surface area contributed by atoms with Gasteiger partial charge in [0, 0.05) is 19.7 Å². The Morgan fingerprint density at radius 3 is 2.45 bits per heavy atom. The fourth-order valence-electron chi connectivity index (χ4n) is 4.24. The molecule has 2 atom stereocenters. The first-order valence-electron chi connectivity index (χ1n) is 9.92. The van der Waals surface area contributed by atoms with Gasteiger partial charge in [-0.25, -0.2) is 8.42 Å². The predicted octanol–water partition coefficient (Wildman–Crippen LogP) is 2.89. The molecule has 1 heterocycles. The summed E-state index contributed by atoms with van der Waals surface area (Å²) in [5.41, 5.74) is 6.75. The standard InChI is InChI=1S/C22H22Cl2N2O6S/c1-11(27)26-7-6-14-15(10-17(23)18(19(14)24)21(25)28)20(26)16(22(29)30)9-12-4-3-5-13(8-12)33(2,31)32/h3-5,8,10,16,20H,6-7,9H2,1-2H3,(H2,25,28)(H,29,30)/t16-,20?/m0/s1. The van der Waals surface area contributed by atoms with Gasteiger partial charge in [-0.1, -0.05) is 35.3 Å². The molecule has 0 saturated heterocycles. The molecule has 0 aliphatic carbocycles. The molecule has 0 aromatic heterocycles. The Balaban J connectivity index is 2.17. The molecule has 176 valence electrons. The molecule has 2 aromatic rings. The normalized spacial score (nSPS) is 16.7. The molecule has 0 saturated carbocycles. The minimum atomic E-state index is -3.49. The van der Waals surface area contributed by atoms with Crippen LogP contribution in [-0.4, -0.2) is 49.0 Å². The molecular weight excluding hydrogens is 491 g/mol. The summed E-state index contributed by atoms with van der Waals surface area (Å²) in [6.07, 6.45) is 1.30. The van der Waals surface area contributed by atoms with Crippen LogP contribution in [0, 0.1) is 5.92 Å². The van der Waals surface area contributed by atoms with Crippen LogP contribution >= 0.6 is 23.2 Å². The highest BCUT2D eigenvalue weighted by atomic mass is 35.5. The summed E-state index contributed by atoms with van der Waals surface area (Å²) in [5, 5.41) is 10.1. The number of hydrogen-bond donors (Lipinski definition) is 2. The van der Waals surface area contributed by atoms with Gasteiger partial charge in [-0.15, -0.1) is 0 Å². The zero-order chi connectivity index (χ0) is 24.7. The van der Waals surface area contributed by atoms with E-state index in [0.717, 1.165) is 6.26 Å². The van der Waals surface area contributed by atoms with Crippen molar-refractivity contribution in [3.05, 3.63) is 62.6 Å². The van der Waals surface area contributed by atoms with Gasteiger partial charge in [0.05, 0.1) is 32.5 Å². The molecule has 1 aliphatic heterocycles. The number of benzene rings is 2. The Hall–Kier alpha value is -2.62. The van der Waals surface area contributed by atoms with Crippen LogP contribution in [0.1, 0.15) is 40.0 Å². The molecule has 2 aromatic carbocycles. The second-order valence-electron chi connectivity index (χ2n) is 7.96. The topological polar surface area (TPSA) is 135 Å². The van der Waals surface area contributed by atoms with Gasteiger partial charge in [0.25, 0.3) is 5.91 Å². The molecule has 3 rings (SSSR count). The predicted molar refractivity (Wildman–Crippen MR) is 123 cm³/mol. The van der Waals surface area contributed by atoms with Gasteiger partial charge in [0.1, 0.15) is 0 Å². The number of primary amides is 1. The first-order valence-corrected chi connectivity index (χ1v) is 12.6. The average molecular weight is 513 g/mol. The molecule has 2 amide bonds. The van der Waals surface area contributed by atoms with Gasteiger partial charge in [-0.2, -0.15) is 0 Å². The Morgan fingerprint density at radius 2 is 1.91 bits per heavy atom. The zero-order valence-corrected chi connectivity index (χ0v) is 20.2. The van der Waals surface area contributed by atoms with Crippen LogP contribution in [0.3, 0.4) is 0 Å². The zero-order valence-electron chi connectivity index (χ0n) is 17.8. The number of amides is 2. The summed E-state index contributed by atoms with van der Waals surface area (Å²) in [4.78, 5) is 38.2. The van der Waals surface area contributed by atoms with E-state index in [-0.39, 0.29) is 45.8 Å². The van der Waals surface area contributed by atoms with Crippen molar-refractivity contribution in [1.82, 2.24) is 4.90 Å². The highest BCUT2D eigenvalue weighted by Gasteiger charge is 2.40.